The van der Waals surface area contributed by atoms with Crippen LogP contribution in [0.5, 0.6) is 23.0 Å². The monoisotopic (exact) mass is 808 g/mol. The Labute approximate surface area is 347 Å². The number of pyridine rings is 2. The van der Waals surface area contributed by atoms with Crippen molar-refractivity contribution >= 4 is 23.3 Å². The van der Waals surface area contributed by atoms with Gasteiger partial charge >= 0.3 is 5.97 Å². The number of aryl methyl sites for hydroxylation is 1. The molecule has 308 valence electrons. The van der Waals surface area contributed by atoms with E-state index in [1.807, 2.05) is 36.5 Å². The van der Waals surface area contributed by atoms with E-state index >= 15 is 0 Å². The van der Waals surface area contributed by atoms with Gasteiger partial charge in [0, 0.05) is 47.7 Å². The summed E-state index contributed by atoms with van der Waals surface area (Å²) in [5.74, 6) is 3.48. The van der Waals surface area contributed by atoms with Gasteiger partial charge in [-0.05, 0) is 148 Å². The summed E-state index contributed by atoms with van der Waals surface area (Å²) < 4.78 is 25.2. The lowest BCUT2D eigenvalue weighted by Crippen LogP contribution is -2.53. The summed E-state index contributed by atoms with van der Waals surface area (Å²) in [4.78, 5) is 24.6. The molecule has 2 aromatic carbocycles. The maximum atomic E-state index is 13.2. The van der Waals surface area contributed by atoms with Crippen molar-refractivity contribution in [1.82, 2.24) is 14.9 Å². The van der Waals surface area contributed by atoms with Gasteiger partial charge in [0.15, 0.2) is 11.5 Å². The highest BCUT2D eigenvalue weighted by molar-refractivity contribution is 6.30. The van der Waals surface area contributed by atoms with Crippen LogP contribution in [0, 0.1) is 11.8 Å². The summed E-state index contributed by atoms with van der Waals surface area (Å²) in [6, 6.07) is 17.8. The van der Waals surface area contributed by atoms with Crippen molar-refractivity contribution in [1.29, 1.82) is 0 Å². The summed E-state index contributed by atoms with van der Waals surface area (Å²) in [5.41, 5.74) is 5.38. The van der Waals surface area contributed by atoms with Crippen molar-refractivity contribution in [2.24, 2.45) is 11.8 Å². The topological polar surface area (TPSA) is 115 Å². The number of nitrogens with one attached hydrogen (secondary N) is 1. The Morgan fingerprint density at radius 1 is 1.09 bits per heavy atom. The fraction of sp³-hybridized carbons (Fsp3) is 0.511. The molecule has 11 heteroatoms. The average Bonchev–Trinajstić information content (AvgIpc) is 3.33. The second-order valence-electron chi connectivity index (χ2n) is 17.4. The predicted octanol–water partition coefficient (Wildman–Crippen LogP) is 9.27. The lowest BCUT2D eigenvalue weighted by molar-refractivity contribution is -0.144. The van der Waals surface area contributed by atoms with E-state index in [9.17, 15) is 9.90 Å². The van der Waals surface area contributed by atoms with Crippen LogP contribution in [0.3, 0.4) is 0 Å². The third-order valence-corrected chi connectivity index (χ3v) is 13.6. The number of aromatic nitrogens is 2. The van der Waals surface area contributed by atoms with Crippen LogP contribution in [0.4, 0.5) is 5.69 Å². The molecule has 2 N–H and O–H groups in total. The number of fused-ring (bicyclic) bond motifs is 4. The standard InChI is InChI=1S/C47H57ClN4O6/c1-30(29-57-41-13-19-49-40-10-5-7-31(2)44(40)41)21-33-22-32-23-42-43(58-38(14-20-56-42)28-52(3)27-36-11-12-37(55-4)26-50-36)25-39(32)46(33)15-17-47(18-16-46,45(53)54)51-35-9-6-8-34(48)24-35/h6,8-9,11-13,19,23-26,30-31,33,38,51H,5,7,10,14-18,20-22,27-29H2,1-4H3,(H,53,54)/t30-,31-,33+,38+,46?,47?/m1/s1. The SMILES string of the molecule is COc1ccc(CN(C)C[C@@H]2CCOc3cc4c(cc3O2)C2(CCC(Nc3cccc(Cl)c3)(C(=O)O)CC2)[C@@H](C[C@@H](C)COc2ccnc3c2[C@H](C)CCC3)C4)nc1. The van der Waals surface area contributed by atoms with Gasteiger partial charge in [-0.2, -0.15) is 0 Å². The summed E-state index contributed by atoms with van der Waals surface area (Å²) >= 11 is 6.34. The molecule has 4 aliphatic rings. The molecule has 0 radical (unpaired) electrons. The molecule has 58 heavy (non-hydrogen) atoms. The van der Waals surface area contributed by atoms with Gasteiger partial charge in [-0.15, -0.1) is 0 Å². The van der Waals surface area contributed by atoms with Crippen molar-refractivity contribution in [2.75, 3.05) is 39.2 Å². The van der Waals surface area contributed by atoms with Crippen molar-refractivity contribution in [3.05, 3.63) is 100 Å². The number of anilines is 1. The Hall–Kier alpha value is -4.54. The van der Waals surface area contributed by atoms with Gasteiger partial charge in [0.25, 0.3) is 0 Å². The molecule has 1 aliphatic heterocycles. The van der Waals surface area contributed by atoms with Crippen LogP contribution in [0.2, 0.25) is 5.02 Å². The van der Waals surface area contributed by atoms with E-state index in [2.05, 4.69) is 48.2 Å². The van der Waals surface area contributed by atoms with Gasteiger partial charge in [0.2, 0.25) is 0 Å². The third-order valence-electron chi connectivity index (χ3n) is 13.3. The maximum Gasteiger partial charge on any atom is 0.329 e. The third kappa shape index (κ3) is 8.32. The molecule has 1 fully saturated rings. The van der Waals surface area contributed by atoms with E-state index in [1.165, 1.54) is 28.8 Å². The van der Waals surface area contributed by atoms with Crippen molar-refractivity contribution < 1.29 is 28.8 Å². The summed E-state index contributed by atoms with van der Waals surface area (Å²) in [5, 5.41) is 14.8. The minimum absolute atomic E-state index is 0.0672. The van der Waals surface area contributed by atoms with Crippen LogP contribution in [0.15, 0.2) is 67.0 Å². The number of carbonyl (C=O) groups is 1. The molecule has 0 unspecified atom stereocenters. The number of ether oxygens (including phenoxy) is 4. The fourth-order valence-electron chi connectivity index (χ4n) is 10.3. The first-order chi connectivity index (χ1) is 28.0. The number of rotatable bonds is 13. The minimum atomic E-state index is -1.10. The van der Waals surface area contributed by atoms with Crippen molar-refractivity contribution in [2.45, 2.75) is 108 Å². The molecule has 10 nitrogen and oxygen atoms in total. The second-order valence-corrected chi connectivity index (χ2v) is 17.9. The number of halogens is 1. The van der Waals surface area contributed by atoms with Crippen molar-refractivity contribution in [3.8, 4) is 23.0 Å². The zero-order chi connectivity index (χ0) is 40.4. The Morgan fingerprint density at radius 3 is 2.69 bits per heavy atom. The van der Waals surface area contributed by atoms with E-state index in [0.717, 1.165) is 79.3 Å². The van der Waals surface area contributed by atoms with E-state index < -0.39 is 11.5 Å². The summed E-state index contributed by atoms with van der Waals surface area (Å²) in [7, 11) is 3.74. The van der Waals surface area contributed by atoms with Gasteiger partial charge in [-0.25, -0.2) is 4.79 Å². The molecule has 2 aromatic heterocycles. The Kier molecular flexibility index (Phi) is 11.8. The smallest absolute Gasteiger partial charge is 0.329 e. The highest BCUT2D eigenvalue weighted by Crippen LogP contribution is 2.58. The molecule has 1 spiro atoms. The highest BCUT2D eigenvalue weighted by atomic mass is 35.5. The molecule has 4 atom stereocenters. The predicted molar refractivity (Wildman–Crippen MR) is 226 cm³/mol. The van der Waals surface area contributed by atoms with Crippen LogP contribution >= 0.6 is 11.6 Å². The number of likely N-dealkylation sites (N-methyl/N-ethyl adjacent to an activating group) is 1. The zero-order valence-corrected chi connectivity index (χ0v) is 35.0. The molecule has 3 aliphatic carbocycles. The van der Waals surface area contributed by atoms with Crippen LogP contribution < -0.4 is 24.3 Å². The number of carboxylic acid groups (broad SMARTS) is 1. The van der Waals surface area contributed by atoms with E-state index in [-0.39, 0.29) is 17.4 Å². The van der Waals surface area contributed by atoms with Gasteiger partial charge in [-0.1, -0.05) is 31.5 Å². The molecule has 0 bridgehead atoms. The lowest BCUT2D eigenvalue weighted by atomic mass is 9.59. The molecule has 0 saturated heterocycles. The van der Waals surface area contributed by atoms with Gasteiger partial charge < -0.3 is 29.4 Å². The largest absolute Gasteiger partial charge is 0.495 e. The van der Waals surface area contributed by atoms with Crippen LogP contribution in [0.1, 0.15) is 99.2 Å². The summed E-state index contributed by atoms with van der Waals surface area (Å²) in [6.45, 7) is 7.17. The molecular formula is C47H57ClN4O6. The highest BCUT2D eigenvalue weighted by Gasteiger charge is 2.54. The molecular weight excluding hydrogens is 752 g/mol. The molecule has 0 amide bonds. The van der Waals surface area contributed by atoms with Gasteiger partial charge in [0.05, 0.1) is 32.2 Å². The number of nitrogens with zero attached hydrogens (tertiary/aromatic N) is 3. The molecule has 4 aromatic rings. The maximum absolute atomic E-state index is 13.2. The zero-order valence-electron chi connectivity index (χ0n) is 34.3. The second kappa shape index (κ2) is 17.0. The normalized spacial score (nSPS) is 25.4. The Balaban J connectivity index is 1.04. The molecule has 1 saturated carbocycles. The first kappa shape index (κ1) is 40.2. The first-order valence-electron chi connectivity index (χ1n) is 21.1. The number of benzene rings is 2. The Morgan fingerprint density at radius 2 is 1.93 bits per heavy atom. The van der Waals surface area contributed by atoms with Crippen LogP contribution in [-0.2, 0) is 29.6 Å². The quantitative estimate of drug-likeness (QED) is 0.136. The fourth-order valence-corrected chi connectivity index (χ4v) is 10.5. The molecule has 8 rings (SSSR count). The Bertz CT molecular complexity index is 2090. The van der Waals surface area contributed by atoms with Gasteiger partial charge in [0.1, 0.15) is 23.1 Å². The minimum Gasteiger partial charge on any atom is -0.495 e. The first-order valence-corrected chi connectivity index (χ1v) is 21.4. The molecule has 3 heterocycles. The average molecular weight is 809 g/mol. The van der Waals surface area contributed by atoms with Crippen LogP contribution in [0.25, 0.3) is 0 Å². The lowest BCUT2D eigenvalue weighted by Gasteiger charge is -2.47. The van der Waals surface area contributed by atoms with E-state index in [1.54, 1.807) is 25.4 Å². The number of hydrogen-bond acceptors (Lipinski definition) is 9. The van der Waals surface area contributed by atoms with Crippen LogP contribution in [-0.4, -0.2) is 71.5 Å². The van der Waals surface area contributed by atoms with Gasteiger partial charge in [-0.3, -0.25) is 14.9 Å². The number of hydrogen-bond donors (Lipinski definition) is 2. The number of methoxy groups -OCH3 is 1. The van der Waals surface area contributed by atoms with Crippen molar-refractivity contribution in [3.63, 3.8) is 0 Å². The van der Waals surface area contributed by atoms with E-state index in [4.69, 9.17) is 35.5 Å². The summed E-state index contributed by atoms with van der Waals surface area (Å²) in [6.07, 6.45) is 12.0. The number of aliphatic carboxylic acids is 1. The number of carboxylic acids is 1. The van der Waals surface area contributed by atoms with E-state index in [0.29, 0.717) is 56.0 Å².